The van der Waals surface area contributed by atoms with E-state index in [0.29, 0.717) is 22.7 Å². The van der Waals surface area contributed by atoms with Crippen LogP contribution in [0.25, 0.3) is 0 Å². The lowest BCUT2D eigenvalue weighted by Gasteiger charge is -2.06. The minimum atomic E-state index is -0.403. The van der Waals surface area contributed by atoms with Gasteiger partial charge in [0.2, 0.25) is 0 Å². The molecule has 4 nitrogen and oxygen atoms in total. The van der Waals surface area contributed by atoms with E-state index < -0.39 is 5.97 Å². The maximum atomic E-state index is 11.9. The average Bonchev–Trinajstić information content (AvgIpc) is 2.71. The molecule has 5 heteroatoms. The van der Waals surface area contributed by atoms with E-state index in [9.17, 15) is 9.59 Å². The number of hydrogen-bond acceptors (Lipinski definition) is 4. The fourth-order valence-electron chi connectivity index (χ4n) is 1.57. The van der Waals surface area contributed by atoms with E-state index in [1.165, 1.54) is 11.3 Å². The van der Waals surface area contributed by atoms with Crippen LogP contribution in [0.4, 0.5) is 5.00 Å². The number of carbonyl (C=O) groups is 2. The van der Waals surface area contributed by atoms with E-state index in [-0.39, 0.29) is 5.91 Å². The number of aryl methyl sites for hydroxylation is 1. The van der Waals surface area contributed by atoms with Gasteiger partial charge in [0.25, 0.3) is 5.91 Å². The Morgan fingerprint density at radius 1 is 1.42 bits per heavy atom. The summed E-state index contributed by atoms with van der Waals surface area (Å²) in [4.78, 5) is 24.6. The topological polar surface area (TPSA) is 55.4 Å². The van der Waals surface area contributed by atoms with Crippen LogP contribution in [-0.4, -0.2) is 18.5 Å². The molecule has 1 aromatic heterocycles. The summed E-state index contributed by atoms with van der Waals surface area (Å²) in [5, 5.41) is 3.31. The van der Waals surface area contributed by atoms with Crippen LogP contribution in [0.15, 0.2) is 17.7 Å². The molecular weight excluding hydrogens is 262 g/mol. The molecular formula is C14H19NO3S. The van der Waals surface area contributed by atoms with E-state index in [2.05, 4.69) is 5.32 Å². The molecule has 0 atom stereocenters. The molecule has 0 aliphatic rings. The van der Waals surface area contributed by atoms with E-state index in [1.807, 2.05) is 19.9 Å². The monoisotopic (exact) mass is 281 g/mol. The molecule has 1 amide bonds. The zero-order valence-corrected chi connectivity index (χ0v) is 12.5. The molecule has 0 radical (unpaired) electrons. The van der Waals surface area contributed by atoms with E-state index >= 15 is 0 Å². The molecule has 0 saturated carbocycles. The van der Waals surface area contributed by atoms with Crippen LogP contribution in [-0.2, 0) is 9.53 Å². The predicted molar refractivity (Wildman–Crippen MR) is 77.7 cm³/mol. The second kappa shape index (κ2) is 7.09. The molecule has 0 aliphatic carbocycles. The molecule has 19 heavy (non-hydrogen) atoms. The Labute approximate surface area is 117 Å². The number of esters is 1. The summed E-state index contributed by atoms with van der Waals surface area (Å²) >= 11 is 1.37. The molecule has 1 N–H and O–H groups in total. The maximum Gasteiger partial charge on any atom is 0.341 e. The zero-order valence-electron chi connectivity index (χ0n) is 11.7. The van der Waals surface area contributed by atoms with Crippen LogP contribution in [0.5, 0.6) is 0 Å². The average molecular weight is 281 g/mol. The number of allylic oxidation sites excluding steroid dienone is 1. The lowest BCUT2D eigenvalue weighted by atomic mass is 10.2. The van der Waals surface area contributed by atoms with Gasteiger partial charge in [-0.05, 0) is 33.3 Å². The third-order valence-corrected chi connectivity index (χ3v) is 3.41. The van der Waals surface area contributed by atoms with Gasteiger partial charge in [0.1, 0.15) is 5.00 Å². The van der Waals surface area contributed by atoms with E-state index in [1.54, 1.807) is 19.9 Å². The number of ether oxygens (including phenoxy) is 1. The van der Waals surface area contributed by atoms with Gasteiger partial charge in [0.15, 0.2) is 0 Å². The first kappa shape index (κ1) is 15.4. The fourth-order valence-corrected chi connectivity index (χ4v) is 2.46. The molecule has 1 heterocycles. The highest BCUT2D eigenvalue weighted by Gasteiger charge is 2.18. The fraction of sp³-hybridized carbons (Fsp3) is 0.429. The normalized spacial score (nSPS) is 11.3. The van der Waals surface area contributed by atoms with Crippen molar-refractivity contribution >= 4 is 28.2 Å². The molecule has 0 spiro atoms. The minimum absolute atomic E-state index is 0.186. The van der Waals surface area contributed by atoms with Crippen molar-refractivity contribution < 1.29 is 14.3 Å². The van der Waals surface area contributed by atoms with Crippen LogP contribution in [0, 0.1) is 6.92 Å². The molecule has 0 fully saturated rings. The highest BCUT2D eigenvalue weighted by atomic mass is 32.1. The maximum absolute atomic E-state index is 11.9. The summed E-state index contributed by atoms with van der Waals surface area (Å²) in [5.74, 6) is -0.589. The van der Waals surface area contributed by atoms with Crippen LogP contribution in [0.3, 0.4) is 0 Å². The number of carbonyl (C=O) groups excluding carboxylic acids is 2. The van der Waals surface area contributed by atoms with Crippen molar-refractivity contribution in [3.05, 3.63) is 28.2 Å². The van der Waals surface area contributed by atoms with Crippen molar-refractivity contribution in [2.45, 2.75) is 34.1 Å². The lowest BCUT2D eigenvalue weighted by molar-refractivity contribution is -0.112. The number of anilines is 1. The Bertz CT molecular complexity index is 503. The molecule has 0 aromatic carbocycles. The van der Waals surface area contributed by atoms with Gasteiger partial charge in [0, 0.05) is 10.5 Å². The first-order chi connectivity index (χ1) is 8.99. The Hall–Kier alpha value is -1.62. The molecule has 1 aromatic rings. The van der Waals surface area contributed by atoms with Crippen molar-refractivity contribution in [3.8, 4) is 0 Å². The number of amides is 1. The SMILES string of the molecule is CCC=C(C)C(=O)Nc1sc(C)cc1C(=O)OCC. The molecule has 0 saturated heterocycles. The minimum Gasteiger partial charge on any atom is -0.462 e. The highest BCUT2D eigenvalue weighted by molar-refractivity contribution is 7.16. The summed E-state index contributed by atoms with van der Waals surface area (Å²) in [6.45, 7) is 7.68. The molecule has 0 aliphatic heterocycles. The van der Waals surface area contributed by atoms with Crippen LogP contribution >= 0.6 is 11.3 Å². The zero-order chi connectivity index (χ0) is 14.4. The Balaban J connectivity index is 2.92. The van der Waals surface area contributed by atoms with Crippen LogP contribution in [0.2, 0.25) is 0 Å². The van der Waals surface area contributed by atoms with Gasteiger partial charge in [-0.3, -0.25) is 4.79 Å². The summed E-state index contributed by atoms with van der Waals surface area (Å²) in [6, 6.07) is 1.73. The van der Waals surface area contributed by atoms with Gasteiger partial charge in [-0.2, -0.15) is 0 Å². The smallest absolute Gasteiger partial charge is 0.341 e. The molecule has 1 rings (SSSR count). The molecule has 0 bridgehead atoms. The van der Waals surface area contributed by atoms with Crippen LogP contribution in [0.1, 0.15) is 42.4 Å². The van der Waals surface area contributed by atoms with Gasteiger partial charge < -0.3 is 10.1 Å². The number of nitrogens with one attached hydrogen (secondary N) is 1. The van der Waals surface area contributed by atoms with Gasteiger partial charge >= 0.3 is 5.97 Å². The number of rotatable bonds is 5. The van der Waals surface area contributed by atoms with Crippen molar-refractivity contribution in [1.29, 1.82) is 0 Å². The van der Waals surface area contributed by atoms with Gasteiger partial charge in [-0.1, -0.05) is 13.0 Å². The molecule has 0 unspecified atom stereocenters. The Kier molecular flexibility index (Phi) is 5.76. The standard InChI is InChI=1S/C14H19NO3S/c1-5-7-9(3)12(16)15-13-11(8-10(4)19-13)14(17)18-6-2/h7-8H,5-6H2,1-4H3,(H,15,16). The van der Waals surface area contributed by atoms with E-state index in [0.717, 1.165) is 11.3 Å². The second-order valence-corrected chi connectivity index (χ2v) is 5.33. The summed E-state index contributed by atoms with van der Waals surface area (Å²) in [5.41, 5.74) is 1.06. The first-order valence-corrected chi connectivity index (χ1v) is 7.06. The van der Waals surface area contributed by atoms with Gasteiger partial charge in [-0.25, -0.2) is 4.79 Å². The predicted octanol–water partition coefficient (Wildman–Crippen LogP) is 3.53. The second-order valence-electron chi connectivity index (χ2n) is 4.07. The summed E-state index contributed by atoms with van der Waals surface area (Å²) in [6.07, 6.45) is 2.65. The Morgan fingerprint density at radius 3 is 2.68 bits per heavy atom. The summed E-state index contributed by atoms with van der Waals surface area (Å²) < 4.78 is 4.97. The number of thiophene rings is 1. The van der Waals surface area contributed by atoms with E-state index in [4.69, 9.17) is 4.74 Å². The van der Waals surface area contributed by atoms with Crippen molar-refractivity contribution in [2.75, 3.05) is 11.9 Å². The van der Waals surface area contributed by atoms with Crippen LogP contribution < -0.4 is 5.32 Å². The summed E-state index contributed by atoms with van der Waals surface area (Å²) in [7, 11) is 0. The van der Waals surface area contributed by atoms with Crippen molar-refractivity contribution in [3.63, 3.8) is 0 Å². The molecule has 104 valence electrons. The number of hydrogen-bond donors (Lipinski definition) is 1. The highest BCUT2D eigenvalue weighted by Crippen LogP contribution is 2.28. The third kappa shape index (κ3) is 4.21. The van der Waals surface area contributed by atoms with Gasteiger partial charge in [0.05, 0.1) is 12.2 Å². The largest absolute Gasteiger partial charge is 0.462 e. The Morgan fingerprint density at radius 2 is 2.11 bits per heavy atom. The van der Waals surface area contributed by atoms with Gasteiger partial charge in [-0.15, -0.1) is 11.3 Å². The quantitative estimate of drug-likeness (QED) is 0.663. The first-order valence-electron chi connectivity index (χ1n) is 6.25. The van der Waals surface area contributed by atoms with Crippen molar-refractivity contribution in [1.82, 2.24) is 0 Å². The van der Waals surface area contributed by atoms with Crippen molar-refractivity contribution in [2.24, 2.45) is 0 Å². The lowest BCUT2D eigenvalue weighted by Crippen LogP contribution is -2.14. The third-order valence-electron chi connectivity index (χ3n) is 2.45.